The Morgan fingerprint density at radius 1 is 1.46 bits per heavy atom. The van der Waals surface area contributed by atoms with E-state index in [4.69, 9.17) is 0 Å². The highest BCUT2D eigenvalue weighted by Gasteiger charge is 2.22. The number of aryl methyl sites for hydroxylation is 1. The van der Waals surface area contributed by atoms with Crippen LogP contribution in [-0.2, 0) is 11.3 Å². The number of carbonyl (C=O) groups is 1. The van der Waals surface area contributed by atoms with Crippen LogP contribution in [0.3, 0.4) is 0 Å². The maximum Gasteiger partial charge on any atom is 0.261 e. The van der Waals surface area contributed by atoms with Crippen LogP contribution in [0.15, 0.2) is 33.8 Å². The monoisotopic (exact) mass is 414 g/mol. The second kappa shape index (κ2) is 8.09. The van der Waals surface area contributed by atoms with E-state index in [0.717, 1.165) is 24.1 Å². The molecule has 2 heterocycles. The van der Waals surface area contributed by atoms with Crippen molar-refractivity contribution in [3.63, 3.8) is 0 Å². The summed E-state index contributed by atoms with van der Waals surface area (Å²) < 4.78 is 2.35. The number of carbonyl (C=O) groups excluding carboxylic acids is 1. The molecule has 1 N–H and O–H groups in total. The third kappa shape index (κ3) is 3.96. The molecule has 0 bridgehead atoms. The van der Waals surface area contributed by atoms with E-state index in [0.29, 0.717) is 23.9 Å². The van der Waals surface area contributed by atoms with Crippen LogP contribution in [0, 0.1) is 0 Å². The molecule has 0 aliphatic carbocycles. The lowest BCUT2D eigenvalue weighted by Crippen LogP contribution is -2.52. The van der Waals surface area contributed by atoms with Crippen molar-refractivity contribution in [3.05, 3.63) is 39.4 Å². The molecule has 1 fully saturated rings. The third-order valence-corrected chi connectivity index (χ3v) is 4.67. The number of benzene rings is 1. The van der Waals surface area contributed by atoms with E-state index in [1.807, 2.05) is 17.9 Å². The van der Waals surface area contributed by atoms with Gasteiger partial charge >= 0.3 is 0 Å². The molecular formula is C16H20BrClN4O2. The Labute approximate surface area is 154 Å². The van der Waals surface area contributed by atoms with E-state index < -0.39 is 0 Å². The second-order valence-corrected chi connectivity index (χ2v) is 6.71. The molecule has 0 radical (unpaired) electrons. The fourth-order valence-corrected chi connectivity index (χ4v) is 3.22. The standard InChI is InChI=1S/C16H19BrN4O2.ClH/c1-11-9-18-5-7-21(11)15(22)4-6-20-10-19-14-3-2-12(17)8-13(14)16(20)23;/h2-3,8,10-11,18H,4-7,9H2,1H3;1H/t11-;/m1./s1. The van der Waals surface area contributed by atoms with Crippen molar-refractivity contribution >= 4 is 45.1 Å². The SMILES string of the molecule is C[C@@H]1CNCCN1C(=O)CCn1cnc2ccc(Br)cc2c1=O.Cl. The van der Waals surface area contributed by atoms with Gasteiger partial charge in [0.2, 0.25) is 5.91 Å². The topological polar surface area (TPSA) is 67.2 Å². The van der Waals surface area contributed by atoms with Crippen LogP contribution in [0.4, 0.5) is 0 Å². The average molecular weight is 416 g/mol. The molecule has 1 aromatic carbocycles. The van der Waals surface area contributed by atoms with Gasteiger partial charge in [-0.1, -0.05) is 15.9 Å². The Balaban J connectivity index is 0.00000208. The lowest BCUT2D eigenvalue weighted by atomic mass is 10.2. The number of aromatic nitrogens is 2. The summed E-state index contributed by atoms with van der Waals surface area (Å²) in [6.45, 7) is 4.74. The highest BCUT2D eigenvalue weighted by molar-refractivity contribution is 9.10. The summed E-state index contributed by atoms with van der Waals surface area (Å²) in [5.41, 5.74) is 0.550. The first kappa shape index (κ1) is 18.9. The number of nitrogens with one attached hydrogen (secondary N) is 1. The molecule has 2 aromatic rings. The predicted molar refractivity (Wildman–Crippen MR) is 99.6 cm³/mol. The molecule has 1 saturated heterocycles. The molecule has 0 unspecified atom stereocenters. The van der Waals surface area contributed by atoms with E-state index in [9.17, 15) is 9.59 Å². The molecule has 1 aliphatic heterocycles. The number of amides is 1. The first-order valence-electron chi connectivity index (χ1n) is 7.71. The minimum Gasteiger partial charge on any atom is -0.337 e. The smallest absolute Gasteiger partial charge is 0.261 e. The molecule has 1 aromatic heterocycles. The third-order valence-electron chi connectivity index (χ3n) is 4.17. The van der Waals surface area contributed by atoms with Crippen molar-refractivity contribution in [1.82, 2.24) is 19.8 Å². The van der Waals surface area contributed by atoms with Crippen molar-refractivity contribution in [1.29, 1.82) is 0 Å². The minimum absolute atomic E-state index is 0. The lowest BCUT2D eigenvalue weighted by Gasteiger charge is -2.34. The zero-order valence-electron chi connectivity index (χ0n) is 13.4. The largest absolute Gasteiger partial charge is 0.337 e. The molecule has 0 spiro atoms. The fraction of sp³-hybridized carbons (Fsp3) is 0.438. The maximum absolute atomic E-state index is 12.5. The molecule has 130 valence electrons. The summed E-state index contributed by atoms with van der Waals surface area (Å²) >= 11 is 3.37. The number of fused-ring (bicyclic) bond motifs is 1. The van der Waals surface area contributed by atoms with Crippen LogP contribution in [0.2, 0.25) is 0 Å². The summed E-state index contributed by atoms with van der Waals surface area (Å²) in [5.74, 6) is 0.0836. The fourth-order valence-electron chi connectivity index (χ4n) is 2.86. The predicted octanol–water partition coefficient (Wildman–Crippen LogP) is 1.79. The minimum atomic E-state index is -0.113. The van der Waals surface area contributed by atoms with Crippen LogP contribution in [0.25, 0.3) is 10.9 Å². The summed E-state index contributed by atoms with van der Waals surface area (Å²) in [4.78, 5) is 31.0. The van der Waals surface area contributed by atoms with Crippen molar-refractivity contribution < 1.29 is 4.79 Å². The van der Waals surface area contributed by atoms with Gasteiger partial charge in [-0.3, -0.25) is 14.2 Å². The average Bonchev–Trinajstić information content (AvgIpc) is 2.55. The van der Waals surface area contributed by atoms with Crippen LogP contribution >= 0.6 is 28.3 Å². The lowest BCUT2D eigenvalue weighted by molar-refractivity contribution is -0.134. The molecule has 1 atom stereocenters. The number of rotatable bonds is 3. The number of piperazine rings is 1. The zero-order valence-corrected chi connectivity index (χ0v) is 15.8. The van der Waals surface area contributed by atoms with Crippen LogP contribution in [-0.4, -0.2) is 46.0 Å². The van der Waals surface area contributed by atoms with Gasteiger partial charge in [0, 0.05) is 43.1 Å². The molecule has 6 nitrogen and oxygen atoms in total. The van der Waals surface area contributed by atoms with Gasteiger partial charge in [-0.25, -0.2) is 4.98 Å². The van der Waals surface area contributed by atoms with Crippen LogP contribution < -0.4 is 10.9 Å². The Morgan fingerprint density at radius 2 is 2.25 bits per heavy atom. The quantitative estimate of drug-likeness (QED) is 0.830. The van der Waals surface area contributed by atoms with Gasteiger partial charge < -0.3 is 10.2 Å². The molecule has 24 heavy (non-hydrogen) atoms. The summed E-state index contributed by atoms with van der Waals surface area (Å²) in [7, 11) is 0. The Morgan fingerprint density at radius 3 is 3.00 bits per heavy atom. The molecule has 1 amide bonds. The first-order valence-corrected chi connectivity index (χ1v) is 8.50. The molecular weight excluding hydrogens is 396 g/mol. The van der Waals surface area contributed by atoms with E-state index in [-0.39, 0.29) is 29.9 Å². The number of hydrogen-bond donors (Lipinski definition) is 1. The molecule has 1 aliphatic rings. The van der Waals surface area contributed by atoms with E-state index in [2.05, 4.69) is 26.2 Å². The second-order valence-electron chi connectivity index (χ2n) is 5.79. The first-order chi connectivity index (χ1) is 11.1. The highest BCUT2D eigenvalue weighted by atomic mass is 79.9. The van der Waals surface area contributed by atoms with Crippen molar-refractivity contribution in [2.75, 3.05) is 19.6 Å². The summed E-state index contributed by atoms with van der Waals surface area (Å²) in [6.07, 6.45) is 1.83. The van der Waals surface area contributed by atoms with Crippen molar-refractivity contribution in [2.24, 2.45) is 0 Å². The molecule has 8 heteroatoms. The maximum atomic E-state index is 12.5. The number of halogens is 2. The van der Waals surface area contributed by atoms with Crippen LogP contribution in [0.5, 0.6) is 0 Å². The van der Waals surface area contributed by atoms with Crippen molar-refractivity contribution in [3.8, 4) is 0 Å². The Kier molecular flexibility index (Phi) is 6.37. The summed E-state index contributed by atoms with van der Waals surface area (Å²) in [5, 5.41) is 3.82. The van der Waals surface area contributed by atoms with Gasteiger partial charge in [0.25, 0.3) is 5.56 Å². The van der Waals surface area contributed by atoms with Gasteiger partial charge in [0.05, 0.1) is 17.2 Å². The van der Waals surface area contributed by atoms with Gasteiger partial charge in [-0.15, -0.1) is 12.4 Å². The number of hydrogen-bond acceptors (Lipinski definition) is 4. The van der Waals surface area contributed by atoms with Gasteiger partial charge in [-0.05, 0) is 25.1 Å². The highest BCUT2D eigenvalue weighted by Crippen LogP contribution is 2.15. The van der Waals surface area contributed by atoms with Crippen LogP contribution in [0.1, 0.15) is 13.3 Å². The molecule has 3 rings (SSSR count). The summed E-state index contributed by atoms with van der Waals surface area (Å²) in [6, 6.07) is 5.62. The van der Waals surface area contributed by atoms with Gasteiger partial charge in [-0.2, -0.15) is 0 Å². The number of nitrogens with zero attached hydrogens (tertiary/aromatic N) is 3. The normalized spacial score (nSPS) is 17.6. The van der Waals surface area contributed by atoms with E-state index >= 15 is 0 Å². The van der Waals surface area contributed by atoms with E-state index in [1.54, 1.807) is 12.1 Å². The van der Waals surface area contributed by atoms with Gasteiger partial charge in [0.15, 0.2) is 0 Å². The Hall–Kier alpha value is -1.44. The molecule has 0 saturated carbocycles. The van der Waals surface area contributed by atoms with E-state index in [1.165, 1.54) is 10.9 Å². The van der Waals surface area contributed by atoms with Crippen molar-refractivity contribution in [2.45, 2.75) is 25.9 Å². The van der Waals surface area contributed by atoms with Gasteiger partial charge in [0.1, 0.15) is 0 Å². The zero-order chi connectivity index (χ0) is 16.4. The Bertz CT molecular complexity index is 795.